The van der Waals surface area contributed by atoms with Crippen LogP contribution in [0.5, 0.6) is 0 Å². The monoisotopic (exact) mass is 555 g/mol. The quantitative estimate of drug-likeness (QED) is 0.347. The Morgan fingerprint density at radius 2 is 1.68 bits per heavy atom. The number of carbonyl (C=O) groups excluding carboxylic acids is 4. The molecule has 1 saturated heterocycles. The van der Waals surface area contributed by atoms with E-state index in [0.717, 1.165) is 5.56 Å². The van der Waals surface area contributed by atoms with Gasteiger partial charge in [-0.1, -0.05) is 71.8 Å². The van der Waals surface area contributed by atoms with Crippen LogP contribution in [0.4, 0.5) is 0 Å². The Morgan fingerprint density at radius 1 is 1.03 bits per heavy atom. The Morgan fingerprint density at radius 3 is 2.29 bits per heavy atom. The topological polar surface area (TPSA) is 86.8 Å². The van der Waals surface area contributed by atoms with E-state index in [4.69, 9.17) is 23.2 Å². The Hall–Kier alpha value is -3.16. The number of hydrogen-bond acceptors (Lipinski definition) is 4. The van der Waals surface area contributed by atoms with Crippen molar-refractivity contribution in [3.05, 3.63) is 81.9 Å². The van der Waals surface area contributed by atoms with E-state index in [1.54, 1.807) is 18.2 Å². The molecule has 0 radical (unpaired) electrons. The van der Waals surface area contributed by atoms with E-state index in [-0.39, 0.29) is 55.0 Å². The molecule has 0 saturated carbocycles. The first-order valence-corrected chi connectivity index (χ1v) is 13.6. The molecule has 7 nitrogen and oxygen atoms in total. The Bertz CT molecular complexity index is 1210. The van der Waals surface area contributed by atoms with Gasteiger partial charge in [-0.3, -0.25) is 24.1 Å². The molecule has 0 spiro atoms. The molecule has 1 fully saturated rings. The van der Waals surface area contributed by atoms with E-state index < -0.39 is 6.04 Å². The molecule has 1 N–H and O–H groups in total. The minimum absolute atomic E-state index is 0.0260. The molecule has 0 unspecified atom stereocenters. The number of likely N-dealkylation sites (N-methyl/N-ethyl adjacent to an activating group) is 1. The number of carbonyl (C=O) groups is 4. The molecule has 2 aliphatic rings. The van der Waals surface area contributed by atoms with E-state index in [1.165, 1.54) is 9.80 Å². The fraction of sp³-hybridized carbons (Fsp3) is 0.379. The number of nitrogens with one attached hydrogen (secondary N) is 1. The molecule has 0 bridgehead atoms. The smallest absolute Gasteiger partial charge is 0.243 e. The third-order valence-corrected chi connectivity index (χ3v) is 7.71. The van der Waals surface area contributed by atoms with Crippen molar-refractivity contribution < 1.29 is 19.2 Å². The van der Waals surface area contributed by atoms with Gasteiger partial charge in [0.1, 0.15) is 6.04 Å². The van der Waals surface area contributed by atoms with Crippen molar-refractivity contribution in [3.8, 4) is 0 Å². The molecular formula is C29H31Cl2N3O4. The van der Waals surface area contributed by atoms with Crippen LogP contribution in [0.3, 0.4) is 0 Å². The molecule has 38 heavy (non-hydrogen) atoms. The summed E-state index contributed by atoms with van der Waals surface area (Å²) in [6.07, 6.45) is 5.13. The maximum Gasteiger partial charge on any atom is 0.243 e. The molecule has 1 heterocycles. The van der Waals surface area contributed by atoms with Gasteiger partial charge in [0, 0.05) is 42.5 Å². The molecule has 1 aliphatic heterocycles. The fourth-order valence-electron chi connectivity index (χ4n) is 5.12. The van der Waals surface area contributed by atoms with Crippen LogP contribution >= 0.6 is 23.2 Å². The van der Waals surface area contributed by atoms with Crippen LogP contribution < -0.4 is 5.32 Å². The molecule has 3 atom stereocenters. The molecule has 200 valence electrons. The number of hydrogen-bond donors (Lipinski definition) is 1. The third-order valence-electron chi connectivity index (χ3n) is 7.13. The largest absolute Gasteiger partial charge is 0.355 e. The zero-order valence-electron chi connectivity index (χ0n) is 21.2. The molecular weight excluding hydrogens is 525 g/mol. The lowest BCUT2D eigenvalue weighted by molar-refractivity contribution is -0.144. The minimum Gasteiger partial charge on any atom is -0.355 e. The van der Waals surface area contributed by atoms with Gasteiger partial charge in [0.15, 0.2) is 0 Å². The highest BCUT2D eigenvalue weighted by atomic mass is 35.5. The first-order chi connectivity index (χ1) is 18.3. The van der Waals surface area contributed by atoms with Crippen molar-refractivity contribution in [2.24, 2.45) is 11.8 Å². The number of rotatable bonds is 10. The average Bonchev–Trinajstić information content (AvgIpc) is 3.15. The van der Waals surface area contributed by atoms with Crippen LogP contribution in [0.25, 0.3) is 0 Å². The highest BCUT2D eigenvalue weighted by Gasteiger charge is 2.47. The van der Waals surface area contributed by atoms with Crippen LogP contribution in [0, 0.1) is 11.8 Å². The zero-order valence-corrected chi connectivity index (χ0v) is 22.8. The van der Waals surface area contributed by atoms with Crippen LogP contribution in [-0.2, 0) is 32.1 Å². The Labute approximate surface area is 232 Å². The van der Waals surface area contributed by atoms with Crippen molar-refractivity contribution in [1.82, 2.24) is 15.1 Å². The normalized spacial score (nSPS) is 19.3. The summed E-state index contributed by atoms with van der Waals surface area (Å²) in [7, 11) is 0. The Kier molecular flexibility index (Phi) is 9.23. The summed E-state index contributed by atoms with van der Waals surface area (Å²) in [6, 6.07) is 13.6. The second-order valence-corrected chi connectivity index (χ2v) is 10.4. The molecule has 4 rings (SSSR count). The van der Waals surface area contributed by atoms with Gasteiger partial charge in [-0.15, -0.1) is 0 Å². The van der Waals surface area contributed by atoms with Crippen LogP contribution in [0.1, 0.15) is 37.3 Å². The van der Waals surface area contributed by atoms with E-state index in [1.807, 2.05) is 49.4 Å². The van der Waals surface area contributed by atoms with Crippen molar-refractivity contribution in [3.63, 3.8) is 0 Å². The molecule has 1 aliphatic carbocycles. The van der Waals surface area contributed by atoms with Gasteiger partial charge in [-0.05, 0) is 43.0 Å². The number of amides is 4. The SMILES string of the molecule is CCNC(=O)[C@@H](Cc1ccccc1)N(Cc1ccc(Cl)cc1Cl)C(=O)CCN1C(=O)[C@H]2CC=CC[C@H]2C1=O. The second-order valence-electron chi connectivity index (χ2n) is 9.59. The van der Waals surface area contributed by atoms with E-state index in [0.29, 0.717) is 41.4 Å². The number of likely N-dealkylation sites (tertiary alicyclic amines) is 1. The fourth-order valence-corrected chi connectivity index (χ4v) is 5.59. The van der Waals surface area contributed by atoms with Crippen molar-refractivity contribution >= 4 is 46.8 Å². The van der Waals surface area contributed by atoms with Crippen LogP contribution in [0.15, 0.2) is 60.7 Å². The highest BCUT2D eigenvalue weighted by Crippen LogP contribution is 2.35. The summed E-state index contributed by atoms with van der Waals surface area (Å²) >= 11 is 12.5. The number of nitrogens with zero attached hydrogens (tertiary/aromatic N) is 2. The number of benzene rings is 2. The van der Waals surface area contributed by atoms with Crippen LogP contribution in [-0.4, -0.2) is 52.6 Å². The lowest BCUT2D eigenvalue weighted by atomic mass is 9.85. The first kappa shape index (κ1) is 27.9. The molecule has 9 heteroatoms. The van der Waals surface area contributed by atoms with Gasteiger partial charge in [-0.25, -0.2) is 0 Å². The predicted molar refractivity (Wildman–Crippen MR) is 146 cm³/mol. The number of halogens is 2. The lowest BCUT2D eigenvalue weighted by Crippen LogP contribution is -2.51. The second kappa shape index (κ2) is 12.6. The van der Waals surface area contributed by atoms with Crippen molar-refractivity contribution in [2.75, 3.05) is 13.1 Å². The highest BCUT2D eigenvalue weighted by molar-refractivity contribution is 6.35. The summed E-state index contributed by atoms with van der Waals surface area (Å²) < 4.78 is 0. The van der Waals surface area contributed by atoms with Gasteiger partial charge in [0.2, 0.25) is 23.6 Å². The number of fused-ring (bicyclic) bond motifs is 1. The summed E-state index contributed by atoms with van der Waals surface area (Å²) in [4.78, 5) is 55.6. The standard InChI is InChI=1S/C29H31Cl2N3O4/c1-2-32-27(36)25(16-19-8-4-3-5-9-19)34(18-20-12-13-21(30)17-24(20)31)26(35)14-15-33-28(37)22-10-6-7-11-23(22)29(33)38/h3-9,12-13,17,22-23,25H,2,10-11,14-16,18H2,1H3,(H,32,36)/t22-,23+,25-/m1/s1. The third kappa shape index (κ3) is 6.27. The van der Waals surface area contributed by atoms with Crippen molar-refractivity contribution in [2.45, 2.75) is 45.2 Å². The molecule has 0 aromatic heterocycles. The predicted octanol–water partition coefficient (Wildman–Crippen LogP) is 4.41. The number of imide groups is 1. The van der Waals surface area contributed by atoms with Gasteiger partial charge in [0.25, 0.3) is 0 Å². The maximum atomic E-state index is 13.8. The first-order valence-electron chi connectivity index (χ1n) is 12.8. The van der Waals surface area contributed by atoms with Gasteiger partial charge >= 0.3 is 0 Å². The Balaban J connectivity index is 1.59. The van der Waals surface area contributed by atoms with Gasteiger partial charge in [0.05, 0.1) is 11.8 Å². The summed E-state index contributed by atoms with van der Waals surface area (Å²) in [5.41, 5.74) is 1.53. The van der Waals surface area contributed by atoms with Gasteiger partial charge < -0.3 is 10.2 Å². The summed E-state index contributed by atoms with van der Waals surface area (Å²) in [5, 5.41) is 3.69. The molecule has 4 amide bonds. The summed E-state index contributed by atoms with van der Waals surface area (Å²) in [5.74, 6) is -1.81. The molecule has 2 aromatic carbocycles. The summed E-state index contributed by atoms with van der Waals surface area (Å²) in [6.45, 7) is 2.27. The van der Waals surface area contributed by atoms with E-state index >= 15 is 0 Å². The van der Waals surface area contributed by atoms with E-state index in [9.17, 15) is 19.2 Å². The van der Waals surface area contributed by atoms with Gasteiger partial charge in [-0.2, -0.15) is 0 Å². The average molecular weight is 556 g/mol. The lowest BCUT2D eigenvalue weighted by Gasteiger charge is -2.32. The van der Waals surface area contributed by atoms with Crippen LogP contribution in [0.2, 0.25) is 10.0 Å². The van der Waals surface area contributed by atoms with E-state index in [2.05, 4.69) is 5.32 Å². The minimum atomic E-state index is -0.826. The zero-order chi connectivity index (χ0) is 27.2. The maximum absolute atomic E-state index is 13.8. The van der Waals surface area contributed by atoms with Crippen molar-refractivity contribution in [1.29, 1.82) is 0 Å². The molecule has 2 aromatic rings. The number of allylic oxidation sites excluding steroid dienone is 2.